The van der Waals surface area contributed by atoms with Gasteiger partial charge in [-0.1, -0.05) is 115 Å². The molecule has 0 amide bonds. The average Bonchev–Trinajstić information content (AvgIpc) is 0.787. The van der Waals surface area contributed by atoms with Gasteiger partial charge in [-0.15, -0.1) is 0 Å². The van der Waals surface area contributed by atoms with Gasteiger partial charge in [-0.05, 0) is 54.4 Å². The monoisotopic (exact) mass is 1350 g/mol. The molecule has 0 aromatic heterocycles. The first kappa shape index (κ1) is 72.1. The summed E-state index contributed by atoms with van der Waals surface area (Å²) < 4.78 is 80.6. The van der Waals surface area contributed by atoms with Crippen LogP contribution in [0.4, 0.5) is 0 Å². The van der Waals surface area contributed by atoms with Crippen molar-refractivity contribution in [1.82, 2.24) is 0 Å². The van der Waals surface area contributed by atoms with Crippen LogP contribution in [0.1, 0.15) is 73.6 Å². The van der Waals surface area contributed by atoms with Crippen LogP contribution >= 0.6 is 11.8 Å². The Balaban J connectivity index is 0.000000263. The third-order valence-electron chi connectivity index (χ3n) is 16.7. The summed E-state index contributed by atoms with van der Waals surface area (Å²) >= 11 is 1.60. The van der Waals surface area contributed by atoms with Gasteiger partial charge < -0.3 is 47.7 Å². The second-order valence-corrected chi connectivity index (χ2v) is 24.7. The van der Waals surface area contributed by atoms with Crippen molar-refractivity contribution in [3.8, 4) is 0 Å². The van der Waals surface area contributed by atoms with Crippen molar-refractivity contribution in [2.24, 2.45) is 5.92 Å². The van der Waals surface area contributed by atoms with E-state index in [4.69, 9.17) is 66.8 Å². The molecule has 8 aromatic rings. The van der Waals surface area contributed by atoms with E-state index in [0.29, 0.717) is 13.2 Å². The van der Waals surface area contributed by atoms with Crippen LogP contribution in [0.3, 0.4) is 0 Å². The molecule has 3 aliphatic heterocycles. The molecule has 0 saturated carbocycles. The summed E-state index contributed by atoms with van der Waals surface area (Å²) in [5.41, 5.74) is 4.17. The Kier molecular flexibility index (Phi) is 27.4. The maximum absolute atomic E-state index is 14.0. The molecule has 3 heterocycles. The Morgan fingerprint density at radius 1 is 0.459 bits per heavy atom. The number of nitrogens with one attached hydrogen (secondary N) is 1. The quantitative estimate of drug-likeness (QED) is 0.0264. The van der Waals surface area contributed by atoms with E-state index in [1.807, 2.05) is 146 Å². The van der Waals surface area contributed by atoms with E-state index < -0.39 is 110 Å². The van der Waals surface area contributed by atoms with E-state index in [1.54, 1.807) is 110 Å². The molecule has 3 saturated heterocycles. The fraction of sp³-hybridized carbons (Fsp3) is 0.325. The topological polar surface area (TPSA) is 232 Å². The number of aliphatic hydroxyl groups excluding tert-OH is 1. The largest absolute Gasteiger partial charge is 0.469 e. The minimum absolute atomic E-state index is 0.0375. The Morgan fingerprint density at radius 3 is 1.36 bits per heavy atom. The number of aliphatic hydroxyl groups is 1. The van der Waals surface area contributed by atoms with E-state index in [0.717, 1.165) is 34.4 Å². The molecule has 0 bridgehead atoms. The molecule has 3 fully saturated rings. The standard InChI is InChI=1S/C51H52O14.C26H28BNO4S/c1-33-44(59-30-35-20-10-4-11-21-35)47(43(53)40(61-33)31-58-29-34-18-8-3-9-19-34)65-51-46(64-50(56)38-26-16-7-17-27-38)39(28-42(52)57-2)45(63-49(55)37-24-14-6-15-25-37)41(62-51)32-60-48(54)36-22-12-5-13-23-36;1-19-23(29-17-20-11-5-2-6-12-20)24(32-27-28)25(30-18-21-13-7-3-8-14-21)26(31-19)33-22-15-9-4-10-16-22/h3-27,33,39-41,43-47,51,53H,28-32H2,1-2H3;2-16,19,23-26,28H,17-18H2,1H3/t33-,39?,40?,41?,43+,44+,45+,46-,47?,51-;19?,23?,24-,25?,26+/m00/s1. The van der Waals surface area contributed by atoms with Gasteiger partial charge >= 0.3 is 224 Å². The average molecular weight is 1350 g/mol. The van der Waals surface area contributed by atoms with Gasteiger partial charge in [0.1, 0.15) is 43.2 Å². The van der Waals surface area contributed by atoms with E-state index in [1.165, 1.54) is 7.11 Å². The third kappa shape index (κ3) is 20.4. The van der Waals surface area contributed by atoms with Crippen LogP contribution < -0.4 is 0 Å². The van der Waals surface area contributed by atoms with E-state index in [2.05, 4.69) is 12.1 Å². The summed E-state index contributed by atoms with van der Waals surface area (Å²) in [6.45, 7) is 4.42. The SMILES string of the molecule is CC1O[C@H](Sc2ccccc2)C(OCc2ccccc2)[C@@H](OB=N)C1OCc1ccccc1.COC(=O)CC1[C@@H](OC(=O)c2ccccc2)C(COC(=O)c2ccccc2)O[C@@H](OC2[C@H](O)C(COCc3ccccc3)O[C@@H](C)[C@H]2OCc2ccccc2)[C@H]1OC(=O)c1ccccc1. The number of thioether (sulfide) groups is 1. The van der Waals surface area contributed by atoms with Crippen LogP contribution in [0, 0.1) is 11.2 Å². The number of methoxy groups -OCH3 is 1. The van der Waals surface area contributed by atoms with Gasteiger partial charge in [0.15, 0.2) is 12.4 Å². The molecule has 0 aliphatic carbocycles. The van der Waals surface area contributed by atoms with Gasteiger partial charge in [0.2, 0.25) is 0 Å². The predicted molar refractivity (Wildman–Crippen MR) is 363 cm³/mol. The zero-order valence-corrected chi connectivity index (χ0v) is 55.4. The molecule has 11 rings (SSSR count). The second kappa shape index (κ2) is 37.3. The van der Waals surface area contributed by atoms with Crippen molar-refractivity contribution in [2.45, 2.75) is 137 Å². The number of ether oxygens (including phenoxy) is 12. The molecule has 0 spiro atoms. The number of hydrogen-bond acceptors (Lipinski definition) is 20. The Bertz CT molecular complexity index is 3700. The van der Waals surface area contributed by atoms with Gasteiger partial charge in [-0.3, -0.25) is 4.79 Å². The smallest absolute Gasteiger partial charge is 0.338 e. The van der Waals surface area contributed by atoms with Gasteiger partial charge in [-0.25, -0.2) is 14.4 Å². The second-order valence-electron chi connectivity index (χ2n) is 23.5. The first-order valence-corrected chi connectivity index (χ1v) is 33.4. The zero-order chi connectivity index (χ0) is 68.4. The van der Waals surface area contributed by atoms with Gasteiger partial charge in [0, 0.05) is 0 Å². The molecule has 15 atom stereocenters. The van der Waals surface area contributed by atoms with E-state index in [9.17, 15) is 24.3 Å². The summed E-state index contributed by atoms with van der Waals surface area (Å²) in [4.78, 5) is 55.8. The fourth-order valence-electron chi connectivity index (χ4n) is 11.7. The molecular weight excluding hydrogens is 1270 g/mol. The number of rotatable bonds is 28. The van der Waals surface area contributed by atoms with Crippen LogP contribution in [-0.4, -0.2) is 142 Å². The van der Waals surface area contributed by atoms with Crippen LogP contribution in [0.25, 0.3) is 0 Å². The molecule has 3 aliphatic rings. The fourth-order valence-corrected chi connectivity index (χ4v) is 12.9. The van der Waals surface area contributed by atoms with E-state index in [-0.39, 0.29) is 54.2 Å². The van der Waals surface area contributed by atoms with E-state index >= 15 is 0 Å². The van der Waals surface area contributed by atoms with Crippen LogP contribution in [0.2, 0.25) is 0 Å². The van der Waals surface area contributed by atoms with Crippen molar-refractivity contribution >= 4 is 42.9 Å². The van der Waals surface area contributed by atoms with Crippen molar-refractivity contribution in [2.75, 3.05) is 20.3 Å². The number of esters is 4. The van der Waals surface area contributed by atoms with Crippen LogP contribution in [0.5, 0.6) is 0 Å². The summed E-state index contributed by atoms with van der Waals surface area (Å²) in [5.74, 6) is -4.28. The van der Waals surface area contributed by atoms with Crippen molar-refractivity contribution in [3.63, 3.8) is 0 Å². The van der Waals surface area contributed by atoms with Gasteiger partial charge in [-0.2, -0.15) is 0 Å². The third-order valence-corrected chi connectivity index (χ3v) is 17.8. The molecule has 0 radical (unpaired) electrons. The molecule has 19 nitrogen and oxygen atoms in total. The minimum atomic E-state index is -1.61. The van der Waals surface area contributed by atoms with Crippen molar-refractivity contribution in [3.05, 3.63) is 282 Å². The summed E-state index contributed by atoms with van der Waals surface area (Å²) in [7, 11) is 2.17. The van der Waals surface area contributed by atoms with Crippen molar-refractivity contribution < 1.29 is 85.8 Å². The van der Waals surface area contributed by atoms with Crippen LogP contribution in [-0.2, 0) is 92.7 Å². The minimum Gasteiger partial charge on any atom is -0.469 e. The Morgan fingerprint density at radius 2 is 0.878 bits per heavy atom. The maximum atomic E-state index is 14.0. The number of carbonyl (C=O) groups excluding carboxylic acids is 4. The van der Waals surface area contributed by atoms with Gasteiger partial charge in [0.05, 0.1) is 62.1 Å². The Hall–Kier alpha value is -8.71. The molecular formula is C77H80BNO18S. The first-order valence-electron chi connectivity index (χ1n) is 32.5. The normalized spacial score (nSPS) is 25.0. The van der Waals surface area contributed by atoms with Crippen LogP contribution in [0.15, 0.2) is 248 Å². The molecule has 21 heteroatoms. The number of carbonyl (C=O) groups is 4. The molecule has 510 valence electrons. The summed E-state index contributed by atoms with van der Waals surface area (Å²) in [5, 5.41) is 19.9. The first-order chi connectivity index (χ1) is 47.9. The summed E-state index contributed by atoms with van der Waals surface area (Å²) in [6.07, 6.45) is -13.1. The summed E-state index contributed by atoms with van der Waals surface area (Å²) in [6, 6.07) is 73.6. The molecule has 7 unspecified atom stereocenters. The predicted octanol–water partition coefficient (Wildman–Crippen LogP) is 12.0. The van der Waals surface area contributed by atoms with Crippen molar-refractivity contribution in [1.29, 1.82) is 5.31 Å². The number of benzene rings is 8. The zero-order valence-electron chi connectivity index (χ0n) is 54.6. The Labute approximate surface area is 575 Å². The molecule has 2 N–H and O–H groups in total. The maximum Gasteiger partial charge on any atom is 0.338 e. The molecule has 98 heavy (non-hydrogen) atoms. The molecule has 8 aromatic carbocycles. The number of hydrogen-bond donors (Lipinski definition) is 2. The van der Waals surface area contributed by atoms with Gasteiger partial charge in [0.25, 0.3) is 0 Å².